The van der Waals surface area contributed by atoms with E-state index in [1.807, 2.05) is 19.1 Å². The van der Waals surface area contributed by atoms with Gasteiger partial charge in [0.2, 0.25) is 5.96 Å². The number of hydrogen-bond donors (Lipinski definition) is 1. The van der Waals surface area contributed by atoms with Crippen LogP contribution in [0.3, 0.4) is 0 Å². The lowest BCUT2D eigenvalue weighted by atomic mass is 9.97. The van der Waals surface area contributed by atoms with Crippen molar-refractivity contribution >= 4 is 44.5 Å². The lowest BCUT2D eigenvalue weighted by molar-refractivity contribution is 0.515. The number of halogens is 1. The SMILES string of the molecule is C=S1(=O)C[C@@](C)(c2cc(-c3cncc(C#CC)c3)sc2Cl)N=C(N)N1C. The Morgan fingerprint density at radius 1 is 1.46 bits per heavy atom. The molecule has 5 nitrogen and oxygen atoms in total. The Labute approximate surface area is 163 Å². The first-order valence-electron chi connectivity index (χ1n) is 7.78. The third-order valence-electron chi connectivity index (χ3n) is 4.25. The van der Waals surface area contributed by atoms with Gasteiger partial charge in [0.25, 0.3) is 0 Å². The van der Waals surface area contributed by atoms with Crippen LogP contribution in [0.25, 0.3) is 10.4 Å². The van der Waals surface area contributed by atoms with Crippen LogP contribution in [0.4, 0.5) is 0 Å². The lowest BCUT2D eigenvalue weighted by Gasteiger charge is -2.37. The van der Waals surface area contributed by atoms with Crippen LogP contribution in [-0.2, 0) is 15.2 Å². The number of rotatable bonds is 2. The summed E-state index contributed by atoms with van der Waals surface area (Å²) in [7, 11) is -0.920. The molecule has 0 aliphatic carbocycles. The molecule has 2 atom stereocenters. The molecule has 2 aromatic heterocycles. The van der Waals surface area contributed by atoms with Gasteiger partial charge in [-0.2, -0.15) is 0 Å². The zero-order chi connectivity index (χ0) is 19.1. The summed E-state index contributed by atoms with van der Waals surface area (Å²) in [5.41, 5.74) is 7.74. The summed E-state index contributed by atoms with van der Waals surface area (Å²) in [4.78, 5) is 9.75. The van der Waals surface area contributed by atoms with Crippen molar-refractivity contribution in [3.8, 4) is 22.3 Å². The Bertz CT molecular complexity index is 1060. The largest absolute Gasteiger partial charge is 0.369 e. The van der Waals surface area contributed by atoms with E-state index in [1.54, 1.807) is 26.4 Å². The third-order valence-corrected chi connectivity index (χ3v) is 7.85. The number of thiophene rings is 1. The van der Waals surface area contributed by atoms with Gasteiger partial charge >= 0.3 is 0 Å². The average Bonchev–Trinajstić information content (AvgIpc) is 2.96. The fourth-order valence-electron chi connectivity index (χ4n) is 2.87. The van der Waals surface area contributed by atoms with Crippen molar-refractivity contribution in [2.75, 3.05) is 12.8 Å². The first-order chi connectivity index (χ1) is 12.2. The van der Waals surface area contributed by atoms with Gasteiger partial charge in [-0.3, -0.25) is 9.29 Å². The third kappa shape index (κ3) is 3.32. The number of nitrogens with zero attached hydrogens (tertiary/aromatic N) is 3. The summed E-state index contributed by atoms with van der Waals surface area (Å²) in [5.74, 6) is 10.1. The number of aliphatic imine (C=N–C) groups is 1. The molecule has 1 unspecified atom stereocenters. The van der Waals surface area contributed by atoms with Gasteiger partial charge in [-0.15, -0.1) is 17.3 Å². The van der Waals surface area contributed by atoms with Crippen LogP contribution < -0.4 is 5.73 Å². The number of guanidine groups is 1. The first kappa shape index (κ1) is 18.8. The summed E-state index contributed by atoms with van der Waals surface area (Å²) in [6, 6.07) is 3.93. The highest BCUT2D eigenvalue weighted by molar-refractivity contribution is 7.98. The van der Waals surface area contributed by atoms with Crippen molar-refractivity contribution in [3.05, 3.63) is 40.0 Å². The molecule has 0 aromatic carbocycles. The van der Waals surface area contributed by atoms with Crippen molar-refractivity contribution in [1.29, 1.82) is 0 Å². The normalized spacial score (nSPS) is 25.4. The van der Waals surface area contributed by atoms with Crippen molar-refractivity contribution in [3.63, 3.8) is 0 Å². The van der Waals surface area contributed by atoms with E-state index >= 15 is 0 Å². The molecule has 3 heterocycles. The highest BCUT2D eigenvalue weighted by Crippen LogP contribution is 2.43. The Morgan fingerprint density at radius 2 is 2.19 bits per heavy atom. The van der Waals surface area contributed by atoms with Gasteiger partial charge in [0.15, 0.2) is 0 Å². The summed E-state index contributed by atoms with van der Waals surface area (Å²) in [5, 5.41) is 0. The van der Waals surface area contributed by atoms with Gasteiger partial charge in [-0.05, 0) is 31.9 Å². The van der Waals surface area contributed by atoms with Crippen LogP contribution in [0.15, 0.2) is 29.5 Å². The second-order valence-corrected chi connectivity index (χ2v) is 10.3. The molecule has 0 saturated heterocycles. The molecular formula is C18H19ClN4OS2. The van der Waals surface area contributed by atoms with Gasteiger partial charge in [-0.1, -0.05) is 17.5 Å². The molecule has 0 saturated carbocycles. The maximum Gasteiger partial charge on any atom is 0.203 e. The minimum Gasteiger partial charge on any atom is -0.369 e. The summed E-state index contributed by atoms with van der Waals surface area (Å²) >= 11 is 7.96. The van der Waals surface area contributed by atoms with E-state index in [-0.39, 0.29) is 11.7 Å². The van der Waals surface area contributed by atoms with Gasteiger partial charge in [-0.25, -0.2) is 9.20 Å². The molecule has 0 fully saturated rings. The number of pyridine rings is 1. The van der Waals surface area contributed by atoms with Crippen LogP contribution in [-0.4, -0.2) is 38.1 Å². The number of nitrogens with two attached hydrogens (primary N) is 1. The van der Waals surface area contributed by atoms with Crippen molar-refractivity contribution < 1.29 is 4.21 Å². The lowest BCUT2D eigenvalue weighted by Crippen LogP contribution is -2.50. The van der Waals surface area contributed by atoms with E-state index in [4.69, 9.17) is 17.3 Å². The monoisotopic (exact) mass is 406 g/mol. The summed E-state index contributed by atoms with van der Waals surface area (Å²) < 4.78 is 14.9. The van der Waals surface area contributed by atoms with Crippen LogP contribution in [0.1, 0.15) is 25.0 Å². The minimum atomic E-state index is -2.56. The first-order valence-corrected chi connectivity index (χ1v) is 10.8. The molecule has 0 bridgehead atoms. The Balaban J connectivity index is 2.09. The zero-order valence-corrected chi connectivity index (χ0v) is 17.1. The molecule has 3 rings (SSSR count). The topological polar surface area (TPSA) is 71.6 Å². The predicted molar refractivity (Wildman–Crippen MR) is 112 cm³/mol. The van der Waals surface area contributed by atoms with E-state index in [2.05, 4.69) is 27.7 Å². The van der Waals surface area contributed by atoms with E-state index in [0.29, 0.717) is 4.34 Å². The van der Waals surface area contributed by atoms with Gasteiger partial charge < -0.3 is 5.73 Å². The maximum atomic E-state index is 12.8. The Morgan fingerprint density at radius 3 is 2.85 bits per heavy atom. The molecule has 1 aliphatic heterocycles. The van der Waals surface area contributed by atoms with Gasteiger partial charge in [0.1, 0.15) is 5.54 Å². The predicted octanol–water partition coefficient (Wildman–Crippen LogP) is 2.94. The molecule has 0 amide bonds. The van der Waals surface area contributed by atoms with Gasteiger partial charge in [0, 0.05) is 41.0 Å². The quantitative estimate of drug-likeness (QED) is 0.615. The summed E-state index contributed by atoms with van der Waals surface area (Å²) in [6.45, 7) is 3.67. The average molecular weight is 407 g/mol. The number of aromatic nitrogens is 1. The second-order valence-electron chi connectivity index (χ2n) is 6.29. The van der Waals surface area contributed by atoms with E-state index in [1.165, 1.54) is 15.6 Å². The van der Waals surface area contributed by atoms with E-state index in [9.17, 15) is 4.21 Å². The molecule has 2 N–H and O–H groups in total. The van der Waals surface area contributed by atoms with Crippen LogP contribution >= 0.6 is 22.9 Å². The highest BCUT2D eigenvalue weighted by atomic mass is 35.5. The summed E-state index contributed by atoms with van der Waals surface area (Å²) in [6.07, 6.45) is 3.49. The Hall–Kier alpha value is -2.01. The molecular weight excluding hydrogens is 388 g/mol. The molecule has 26 heavy (non-hydrogen) atoms. The van der Waals surface area contributed by atoms with Crippen LogP contribution in [0.2, 0.25) is 4.34 Å². The van der Waals surface area contributed by atoms with E-state index in [0.717, 1.165) is 21.6 Å². The molecule has 8 heteroatoms. The molecule has 0 spiro atoms. The zero-order valence-electron chi connectivity index (χ0n) is 14.7. The standard InChI is InChI=1S/C18H19ClN4OS2/c1-5-6-12-7-13(10-21-9-12)15-8-14(16(19)25-15)18(2)11-26(4,24)23(3)17(20)22-18/h7-10H,4,11H2,1-3H3,(H2,20,22)/t18-,26?/m0/s1. The minimum absolute atomic E-state index is 0.199. The molecule has 1 aliphatic rings. The second kappa shape index (κ2) is 6.62. The Kier molecular flexibility index (Phi) is 4.78. The van der Waals surface area contributed by atoms with E-state index < -0.39 is 15.2 Å². The fourth-order valence-corrected chi connectivity index (χ4v) is 6.03. The van der Waals surface area contributed by atoms with Gasteiger partial charge in [0.05, 0.1) is 19.8 Å². The van der Waals surface area contributed by atoms with Crippen molar-refractivity contribution in [2.45, 2.75) is 19.4 Å². The smallest absolute Gasteiger partial charge is 0.203 e. The van der Waals surface area contributed by atoms with Crippen LogP contribution in [0.5, 0.6) is 0 Å². The van der Waals surface area contributed by atoms with Crippen LogP contribution in [0, 0.1) is 11.8 Å². The maximum absolute atomic E-state index is 12.8. The fraction of sp³-hybridized carbons (Fsp3) is 0.278. The molecule has 0 radical (unpaired) electrons. The van der Waals surface area contributed by atoms with Crippen molar-refractivity contribution in [1.82, 2.24) is 9.29 Å². The number of hydrogen-bond acceptors (Lipinski definition) is 5. The molecule has 136 valence electrons. The molecule has 2 aromatic rings. The highest BCUT2D eigenvalue weighted by Gasteiger charge is 2.39. The van der Waals surface area contributed by atoms with Crippen molar-refractivity contribution in [2.24, 2.45) is 10.7 Å².